The molecular formula is C11H12FN3O. The summed E-state index contributed by atoms with van der Waals surface area (Å²) in [5, 5.41) is 16.7. The van der Waals surface area contributed by atoms with Crippen molar-refractivity contribution in [3.63, 3.8) is 0 Å². The average Bonchev–Trinajstić information content (AvgIpc) is 2.72. The van der Waals surface area contributed by atoms with Gasteiger partial charge in [-0.2, -0.15) is 0 Å². The average molecular weight is 221 g/mol. The molecule has 2 rings (SSSR count). The minimum atomic E-state index is -0.355. The Kier molecular flexibility index (Phi) is 2.96. The number of rotatable bonds is 3. The lowest BCUT2D eigenvalue weighted by Crippen LogP contribution is -2.04. The van der Waals surface area contributed by atoms with E-state index in [-0.39, 0.29) is 12.4 Å². The molecule has 0 radical (unpaired) electrons. The third kappa shape index (κ3) is 1.69. The van der Waals surface area contributed by atoms with E-state index in [4.69, 9.17) is 5.11 Å². The van der Waals surface area contributed by atoms with Gasteiger partial charge in [-0.3, -0.25) is 0 Å². The maximum absolute atomic E-state index is 13.6. The van der Waals surface area contributed by atoms with Crippen LogP contribution in [-0.4, -0.2) is 20.1 Å². The van der Waals surface area contributed by atoms with Crippen LogP contribution in [0.1, 0.15) is 18.3 Å². The number of hydrogen-bond acceptors (Lipinski definition) is 3. The van der Waals surface area contributed by atoms with Gasteiger partial charge < -0.3 is 5.11 Å². The first-order chi connectivity index (χ1) is 7.77. The SMILES string of the molecule is CCc1c(CO)nnn1-c1ccccc1F. The molecule has 0 unspecified atom stereocenters. The van der Waals surface area contributed by atoms with Crippen molar-refractivity contribution in [3.8, 4) is 5.69 Å². The predicted molar refractivity (Wildman–Crippen MR) is 56.6 cm³/mol. The largest absolute Gasteiger partial charge is 0.390 e. The van der Waals surface area contributed by atoms with Crippen LogP contribution in [0.5, 0.6) is 0 Å². The summed E-state index contributed by atoms with van der Waals surface area (Å²) >= 11 is 0. The van der Waals surface area contributed by atoms with Gasteiger partial charge in [0, 0.05) is 0 Å². The number of para-hydroxylation sites is 1. The second-order valence-electron chi connectivity index (χ2n) is 3.36. The molecule has 0 saturated heterocycles. The van der Waals surface area contributed by atoms with Gasteiger partial charge in [-0.05, 0) is 18.6 Å². The number of benzene rings is 1. The fraction of sp³-hybridized carbons (Fsp3) is 0.273. The summed E-state index contributed by atoms with van der Waals surface area (Å²) in [6, 6.07) is 6.35. The van der Waals surface area contributed by atoms with E-state index < -0.39 is 0 Å². The lowest BCUT2D eigenvalue weighted by Gasteiger charge is -2.05. The summed E-state index contributed by atoms with van der Waals surface area (Å²) in [5.41, 5.74) is 1.57. The number of aliphatic hydroxyl groups is 1. The lowest BCUT2D eigenvalue weighted by molar-refractivity contribution is 0.275. The van der Waals surface area contributed by atoms with Crippen molar-refractivity contribution >= 4 is 0 Å². The summed E-state index contributed by atoms with van der Waals surface area (Å²) < 4.78 is 15.0. The first-order valence-electron chi connectivity index (χ1n) is 5.07. The van der Waals surface area contributed by atoms with Gasteiger partial charge >= 0.3 is 0 Å². The van der Waals surface area contributed by atoms with Gasteiger partial charge in [0.05, 0.1) is 12.3 Å². The van der Waals surface area contributed by atoms with Crippen LogP contribution in [0.25, 0.3) is 5.69 Å². The van der Waals surface area contributed by atoms with E-state index in [1.54, 1.807) is 18.2 Å². The zero-order valence-electron chi connectivity index (χ0n) is 8.89. The zero-order valence-corrected chi connectivity index (χ0v) is 8.89. The molecule has 2 aromatic rings. The Labute approximate surface area is 92.3 Å². The fourth-order valence-corrected chi connectivity index (χ4v) is 1.63. The monoisotopic (exact) mass is 221 g/mol. The highest BCUT2D eigenvalue weighted by atomic mass is 19.1. The zero-order chi connectivity index (χ0) is 11.5. The quantitative estimate of drug-likeness (QED) is 0.853. The molecule has 1 aromatic heterocycles. The highest BCUT2D eigenvalue weighted by molar-refractivity contribution is 5.34. The Morgan fingerprint density at radius 1 is 1.38 bits per heavy atom. The van der Waals surface area contributed by atoms with Crippen molar-refractivity contribution < 1.29 is 9.50 Å². The third-order valence-corrected chi connectivity index (χ3v) is 2.41. The van der Waals surface area contributed by atoms with Crippen molar-refractivity contribution in [3.05, 3.63) is 41.5 Å². The van der Waals surface area contributed by atoms with E-state index in [0.717, 1.165) is 5.69 Å². The second kappa shape index (κ2) is 4.40. The molecule has 1 aromatic carbocycles. The first-order valence-corrected chi connectivity index (χ1v) is 5.07. The lowest BCUT2D eigenvalue weighted by atomic mass is 10.2. The summed E-state index contributed by atoms with van der Waals surface area (Å²) in [6.07, 6.45) is 0.636. The van der Waals surface area contributed by atoms with Gasteiger partial charge in [-0.1, -0.05) is 24.3 Å². The van der Waals surface area contributed by atoms with Gasteiger partial charge in [0.15, 0.2) is 0 Å². The van der Waals surface area contributed by atoms with Gasteiger partial charge in [-0.25, -0.2) is 9.07 Å². The number of aliphatic hydroxyl groups excluding tert-OH is 1. The molecule has 0 aliphatic rings. The van der Waals surface area contributed by atoms with Crippen LogP contribution in [0.15, 0.2) is 24.3 Å². The Bertz CT molecular complexity index is 496. The second-order valence-corrected chi connectivity index (χ2v) is 3.36. The van der Waals surface area contributed by atoms with Crippen molar-refractivity contribution in [2.75, 3.05) is 0 Å². The van der Waals surface area contributed by atoms with E-state index >= 15 is 0 Å². The number of aromatic nitrogens is 3. The molecule has 4 nitrogen and oxygen atoms in total. The standard InChI is InChI=1S/C11H12FN3O/c1-2-10-9(7-16)13-14-15(10)11-6-4-3-5-8(11)12/h3-6,16H,2,7H2,1H3. The van der Waals surface area contributed by atoms with E-state index in [9.17, 15) is 4.39 Å². The smallest absolute Gasteiger partial charge is 0.148 e. The molecule has 1 heterocycles. The van der Waals surface area contributed by atoms with E-state index in [2.05, 4.69) is 10.3 Å². The van der Waals surface area contributed by atoms with Crippen molar-refractivity contribution in [1.29, 1.82) is 0 Å². The van der Waals surface area contributed by atoms with Gasteiger partial charge in [0.25, 0.3) is 0 Å². The molecule has 0 amide bonds. The molecule has 1 N–H and O–H groups in total. The van der Waals surface area contributed by atoms with Gasteiger partial charge in [0.2, 0.25) is 0 Å². The molecule has 0 fully saturated rings. The van der Waals surface area contributed by atoms with Crippen LogP contribution in [0, 0.1) is 5.82 Å². The van der Waals surface area contributed by atoms with Crippen LogP contribution in [0.4, 0.5) is 4.39 Å². The molecule has 5 heteroatoms. The van der Waals surface area contributed by atoms with Crippen molar-refractivity contribution in [1.82, 2.24) is 15.0 Å². The molecule has 84 valence electrons. The summed E-state index contributed by atoms with van der Waals surface area (Å²) in [4.78, 5) is 0. The van der Waals surface area contributed by atoms with Crippen molar-refractivity contribution in [2.45, 2.75) is 20.0 Å². The molecular weight excluding hydrogens is 209 g/mol. The molecule has 0 bridgehead atoms. The minimum absolute atomic E-state index is 0.183. The predicted octanol–water partition coefficient (Wildman–Crippen LogP) is 1.46. The Hall–Kier alpha value is -1.75. The molecule has 0 atom stereocenters. The van der Waals surface area contributed by atoms with Crippen LogP contribution in [-0.2, 0) is 13.0 Å². The molecule has 16 heavy (non-hydrogen) atoms. The first kappa shape index (κ1) is 10.8. The van der Waals surface area contributed by atoms with Crippen LogP contribution in [0.2, 0.25) is 0 Å². The van der Waals surface area contributed by atoms with E-state index in [1.807, 2.05) is 6.92 Å². The Morgan fingerprint density at radius 2 is 2.12 bits per heavy atom. The normalized spacial score (nSPS) is 10.7. The van der Waals surface area contributed by atoms with Crippen molar-refractivity contribution in [2.24, 2.45) is 0 Å². The summed E-state index contributed by atoms with van der Waals surface area (Å²) in [7, 11) is 0. The Morgan fingerprint density at radius 3 is 2.75 bits per heavy atom. The van der Waals surface area contributed by atoms with Crippen LogP contribution < -0.4 is 0 Å². The number of halogens is 1. The minimum Gasteiger partial charge on any atom is -0.390 e. The number of nitrogens with zero attached hydrogens (tertiary/aromatic N) is 3. The van der Waals surface area contributed by atoms with Gasteiger partial charge in [0.1, 0.15) is 17.2 Å². The topological polar surface area (TPSA) is 50.9 Å². The fourth-order valence-electron chi connectivity index (χ4n) is 1.63. The maximum Gasteiger partial charge on any atom is 0.148 e. The Balaban J connectivity index is 2.56. The maximum atomic E-state index is 13.6. The molecule has 0 aliphatic carbocycles. The van der Waals surface area contributed by atoms with Gasteiger partial charge in [-0.15, -0.1) is 5.10 Å². The van der Waals surface area contributed by atoms with E-state index in [1.165, 1.54) is 10.7 Å². The summed E-state index contributed by atoms with van der Waals surface area (Å²) in [6.45, 7) is 1.73. The van der Waals surface area contributed by atoms with E-state index in [0.29, 0.717) is 17.8 Å². The third-order valence-electron chi connectivity index (χ3n) is 2.41. The molecule has 0 aliphatic heterocycles. The number of hydrogen-bond donors (Lipinski definition) is 1. The summed E-state index contributed by atoms with van der Waals surface area (Å²) in [5.74, 6) is -0.355. The van der Waals surface area contributed by atoms with Crippen LogP contribution >= 0.6 is 0 Å². The molecule has 0 spiro atoms. The highest BCUT2D eigenvalue weighted by Crippen LogP contribution is 2.16. The highest BCUT2D eigenvalue weighted by Gasteiger charge is 2.13. The molecule has 0 saturated carbocycles. The van der Waals surface area contributed by atoms with Crippen LogP contribution in [0.3, 0.4) is 0 Å².